The number of hydrogen-bond donors (Lipinski definition) is 0. The average molecular weight is 192 g/mol. The van der Waals surface area contributed by atoms with Crippen LogP contribution in [0.2, 0.25) is 0 Å². The fourth-order valence-corrected chi connectivity index (χ4v) is 1.76. The molecule has 0 N–H and O–H groups in total. The van der Waals surface area contributed by atoms with Gasteiger partial charge in [0.1, 0.15) is 0 Å². The van der Waals surface area contributed by atoms with Crippen molar-refractivity contribution in [1.82, 2.24) is 0 Å². The lowest BCUT2D eigenvalue weighted by Gasteiger charge is -2.07. The second-order valence-electron chi connectivity index (χ2n) is 4.27. The Bertz CT molecular complexity index is 383. The van der Waals surface area contributed by atoms with E-state index in [1.54, 1.807) is 6.92 Å². The van der Waals surface area contributed by atoms with Crippen LogP contribution in [0.15, 0.2) is 23.3 Å². The fourth-order valence-electron chi connectivity index (χ4n) is 1.76. The molecule has 74 valence electrons. The van der Waals surface area contributed by atoms with Crippen molar-refractivity contribution in [2.75, 3.05) is 0 Å². The molecule has 1 heterocycles. The van der Waals surface area contributed by atoms with Crippen LogP contribution in [-0.2, 0) is 14.3 Å². The first-order valence-electron chi connectivity index (χ1n) is 4.63. The third kappa shape index (κ3) is 1.12. The van der Waals surface area contributed by atoms with E-state index in [0.29, 0.717) is 16.7 Å². The van der Waals surface area contributed by atoms with E-state index in [4.69, 9.17) is 0 Å². The molecule has 1 aliphatic heterocycles. The Labute approximate surface area is 82.4 Å². The molecule has 0 aromatic rings. The zero-order chi connectivity index (χ0) is 10.5. The first-order valence-corrected chi connectivity index (χ1v) is 4.63. The van der Waals surface area contributed by atoms with Crippen LogP contribution in [-0.4, -0.2) is 11.9 Å². The van der Waals surface area contributed by atoms with Gasteiger partial charge in [0.2, 0.25) is 0 Å². The number of hydrogen-bond acceptors (Lipinski definition) is 3. The summed E-state index contributed by atoms with van der Waals surface area (Å²) in [6.45, 7) is 7.40. The molecule has 0 bridgehead atoms. The molecule has 0 saturated heterocycles. The van der Waals surface area contributed by atoms with Gasteiger partial charge in [-0.3, -0.25) is 0 Å². The molecule has 0 atom stereocenters. The molecule has 0 aromatic heterocycles. The molecule has 14 heavy (non-hydrogen) atoms. The Kier molecular flexibility index (Phi) is 1.68. The maximum atomic E-state index is 11.4. The van der Waals surface area contributed by atoms with E-state index in [0.717, 1.165) is 12.8 Å². The summed E-state index contributed by atoms with van der Waals surface area (Å²) < 4.78 is 4.60. The van der Waals surface area contributed by atoms with Crippen molar-refractivity contribution in [3.8, 4) is 0 Å². The van der Waals surface area contributed by atoms with E-state index in [2.05, 4.69) is 11.3 Å². The number of esters is 2. The lowest BCUT2D eigenvalue weighted by Crippen LogP contribution is -2.09. The van der Waals surface area contributed by atoms with Gasteiger partial charge in [0.05, 0.1) is 11.1 Å². The first kappa shape index (κ1) is 9.19. The van der Waals surface area contributed by atoms with E-state index in [1.807, 2.05) is 6.92 Å². The highest BCUT2D eigenvalue weighted by atomic mass is 16.6. The summed E-state index contributed by atoms with van der Waals surface area (Å²) in [6.07, 6.45) is 1.89. The first-order chi connectivity index (χ1) is 6.46. The molecule has 2 aliphatic rings. The van der Waals surface area contributed by atoms with Crippen LogP contribution in [0.5, 0.6) is 0 Å². The highest BCUT2D eigenvalue weighted by molar-refractivity contribution is 6.15. The van der Waals surface area contributed by atoms with Crippen molar-refractivity contribution in [2.45, 2.75) is 26.7 Å². The lowest BCUT2D eigenvalue weighted by atomic mass is 9.92. The minimum Gasteiger partial charge on any atom is -0.386 e. The maximum Gasteiger partial charge on any atom is 0.346 e. The van der Waals surface area contributed by atoms with Crippen LogP contribution in [0.1, 0.15) is 26.7 Å². The van der Waals surface area contributed by atoms with Crippen molar-refractivity contribution in [3.05, 3.63) is 23.3 Å². The van der Waals surface area contributed by atoms with Crippen molar-refractivity contribution in [1.29, 1.82) is 0 Å². The van der Waals surface area contributed by atoms with Gasteiger partial charge in [0.15, 0.2) is 0 Å². The molecule has 0 unspecified atom stereocenters. The summed E-state index contributed by atoms with van der Waals surface area (Å²) >= 11 is 0. The second-order valence-corrected chi connectivity index (χ2v) is 4.27. The van der Waals surface area contributed by atoms with Gasteiger partial charge in [-0.25, -0.2) is 9.59 Å². The van der Waals surface area contributed by atoms with Crippen molar-refractivity contribution in [2.24, 2.45) is 5.41 Å². The quantitative estimate of drug-likeness (QED) is 0.494. The van der Waals surface area contributed by atoms with Gasteiger partial charge < -0.3 is 4.74 Å². The van der Waals surface area contributed by atoms with E-state index in [1.165, 1.54) is 0 Å². The van der Waals surface area contributed by atoms with Gasteiger partial charge in [-0.05, 0) is 25.3 Å². The molecule has 0 radical (unpaired) electrons. The number of ether oxygens (including phenoxy) is 1. The third-order valence-corrected chi connectivity index (χ3v) is 2.87. The van der Waals surface area contributed by atoms with Gasteiger partial charge in [0.25, 0.3) is 0 Å². The summed E-state index contributed by atoms with van der Waals surface area (Å²) in [5.41, 5.74) is 1.41. The monoisotopic (exact) mass is 192 g/mol. The fraction of sp³-hybridized carbons (Fsp3) is 0.455. The van der Waals surface area contributed by atoms with Crippen molar-refractivity contribution in [3.63, 3.8) is 0 Å². The summed E-state index contributed by atoms with van der Waals surface area (Å²) in [7, 11) is 0. The van der Waals surface area contributed by atoms with Gasteiger partial charge in [-0.1, -0.05) is 13.5 Å². The Morgan fingerprint density at radius 1 is 1.36 bits per heavy atom. The standard InChI is InChI=1S/C11H12O3/c1-6(2)7-8(11(3)4-5-11)10(13)14-9(7)12/h1,4-5H2,2-3H3. The Balaban J connectivity index is 2.55. The minimum atomic E-state index is -0.536. The van der Waals surface area contributed by atoms with E-state index >= 15 is 0 Å². The molecule has 1 fully saturated rings. The maximum absolute atomic E-state index is 11.4. The molecule has 1 saturated carbocycles. The summed E-state index contributed by atoms with van der Waals surface area (Å²) in [4.78, 5) is 22.8. The normalized spacial score (nSPS) is 23.9. The Hall–Kier alpha value is -1.38. The van der Waals surface area contributed by atoms with Gasteiger partial charge in [-0.2, -0.15) is 0 Å². The van der Waals surface area contributed by atoms with Crippen LogP contribution in [0.25, 0.3) is 0 Å². The van der Waals surface area contributed by atoms with Crippen LogP contribution >= 0.6 is 0 Å². The highest BCUT2D eigenvalue weighted by Crippen LogP contribution is 2.54. The van der Waals surface area contributed by atoms with Crippen LogP contribution < -0.4 is 0 Å². The van der Waals surface area contributed by atoms with Gasteiger partial charge >= 0.3 is 11.9 Å². The molecular weight excluding hydrogens is 180 g/mol. The SMILES string of the molecule is C=C(C)C1=C(C2(C)CC2)C(=O)OC1=O. The zero-order valence-corrected chi connectivity index (χ0v) is 8.35. The van der Waals surface area contributed by atoms with E-state index < -0.39 is 11.9 Å². The van der Waals surface area contributed by atoms with Crippen LogP contribution in [0, 0.1) is 5.41 Å². The van der Waals surface area contributed by atoms with Crippen LogP contribution in [0.3, 0.4) is 0 Å². The molecule has 3 nitrogen and oxygen atoms in total. The van der Waals surface area contributed by atoms with Gasteiger partial charge in [-0.15, -0.1) is 0 Å². The highest BCUT2D eigenvalue weighted by Gasteiger charge is 2.51. The third-order valence-electron chi connectivity index (χ3n) is 2.87. The molecule has 1 aliphatic carbocycles. The molecule has 3 heteroatoms. The minimum absolute atomic E-state index is 0.141. The summed E-state index contributed by atoms with van der Waals surface area (Å²) in [6, 6.07) is 0. The number of carbonyl (C=O) groups excluding carboxylic acids is 2. The van der Waals surface area contributed by atoms with Crippen molar-refractivity contribution < 1.29 is 14.3 Å². The largest absolute Gasteiger partial charge is 0.386 e. The topological polar surface area (TPSA) is 43.4 Å². The predicted octanol–water partition coefficient (Wildman–Crippen LogP) is 1.74. The predicted molar refractivity (Wildman–Crippen MR) is 50.3 cm³/mol. The summed E-state index contributed by atoms with van der Waals surface area (Å²) in [5.74, 6) is -1.02. The van der Waals surface area contributed by atoms with Gasteiger partial charge in [0, 0.05) is 5.41 Å². The molecule has 2 rings (SSSR count). The molecular formula is C11H12O3. The second kappa shape index (κ2) is 2.56. The smallest absolute Gasteiger partial charge is 0.346 e. The molecule has 0 aromatic carbocycles. The lowest BCUT2D eigenvalue weighted by molar-refractivity contribution is -0.151. The number of rotatable bonds is 2. The zero-order valence-electron chi connectivity index (χ0n) is 8.35. The average Bonchev–Trinajstić information content (AvgIpc) is 2.70. The summed E-state index contributed by atoms with van der Waals surface area (Å²) in [5, 5.41) is 0. The van der Waals surface area contributed by atoms with E-state index in [9.17, 15) is 9.59 Å². The van der Waals surface area contributed by atoms with Crippen molar-refractivity contribution >= 4 is 11.9 Å². The number of carbonyl (C=O) groups is 2. The number of cyclic esters (lactones) is 2. The van der Waals surface area contributed by atoms with Crippen LogP contribution in [0.4, 0.5) is 0 Å². The van der Waals surface area contributed by atoms with E-state index in [-0.39, 0.29) is 5.41 Å². The Morgan fingerprint density at radius 2 is 1.93 bits per heavy atom. The molecule has 0 amide bonds. The molecule has 0 spiro atoms. The Morgan fingerprint density at radius 3 is 2.36 bits per heavy atom.